The molecule has 0 radical (unpaired) electrons. The van der Waals surface area contributed by atoms with Crippen LogP contribution in [0.5, 0.6) is 0 Å². The first kappa shape index (κ1) is 12.2. The summed E-state index contributed by atoms with van der Waals surface area (Å²) in [6, 6.07) is 7.46. The van der Waals surface area contributed by atoms with Gasteiger partial charge in [0.15, 0.2) is 0 Å². The molecule has 2 saturated carbocycles. The SMILES string of the molecule is O=C1[C@@H]2[C@H]3C=C[C@@H]([C@@H]4C[C@H]34)[C@@H]2C(=O)N1c1cccc(Br)c1. The van der Waals surface area contributed by atoms with Gasteiger partial charge in [-0.3, -0.25) is 9.59 Å². The molecule has 0 unspecified atom stereocenters. The first-order chi connectivity index (χ1) is 10.2. The fourth-order valence-electron chi connectivity index (χ4n) is 4.83. The van der Waals surface area contributed by atoms with Crippen molar-refractivity contribution >= 4 is 33.4 Å². The second-order valence-electron chi connectivity index (χ2n) is 6.65. The molecule has 6 rings (SSSR count). The third kappa shape index (κ3) is 1.44. The van der Waals surface area contributed by atoms with Crippen molar-refractivity contribution in [1.82, 2.24) is 0 Å². The number of anilines is 1. The number of hydrogen-bond donors (Lipinski definition) is 0. The van der Waals surface area contributed by atoms with Crippen LogP contribution in [0.1, 0.15) is 6.42 Å². The lowest BCUT2D eigenvalue weighted by atomic mass is 9.63. The summed E-state index contributed by atoms with van der Waals surface area (Å²) >= 11 is 3.42. The summed E-state index contributed by atoms with van der Waals surface area (Å²) in [7, 11) is 0. The van der Waals surface area contributed by atoms with Crippen LogP contribution in [-0.4, -0.2) is 11.8 Å². The molecule has 4 heteroatoms. The fourth-order valence-corrected chi connectivity index (χ4v) is 5.21. The van der Waals surface area contributed by atoms with E-state index in [4.69, 9.17) is 0 Å². The number of imide groups is 1. The molecule has 1 aromatic rings. The van der Waals surface area contributed by atoms with Gasteiger partial charge in [0.2, 0.25) is 11.8 Å². The maximum absolute atomic E-state index is 12.9. The minimum Gasteiger partial charge on any atom is -0.274 e. The molecule has 1 aromatic carbocycles. The van der Waals surface area contributed by atoms with Gasteiger partial charge in [-0.05, 0) is 48.3 Å². The van der Waals surface area contributed by atoms with Crippen molar-refractivity contribution in [3.63, 3.8) is 0 Å². The third-order valence-corrected chi connectivity index (χ3v) is 6.22. The molecule has 0 aromatic heterocycles. The van der Waals surface area contributed by atoms with Gasteiger partial charge in [-0.25, -0.2) is 4.90 Å². The van der Waals surface area contributed by atoms with E-state index in [1.54, 1.807) is 0 Å². The van der Waals surface area contributed by atoms with E-state index >= 15 is 0 Å². The number of rotatable bonds is 1. The molecule has 1 aliphatic heterocycles. The molecule has 2 amide bonds. The first-order valence-electron chi connectivity index (χ1n) is 7.48. The molecule has 3 nitrogen and oxygen atoms in total. The minimum atomic E-state index is -0.116. The number of allylic oxidation sites excluding steroid dienone is 2. The highest BCUT2D eigenvalue weighted by Gasteiger charge is 2.67. The lowest BCUT2D eigenvalue weighted by molar-refractivity contribution is -0.124. The second-order valence-corrected chi connectivity index (χ2v) is 7.56. The summed E-state index contributed by atoms with van der Waals surface area (Å²) in [5.74, 6) is 1.67. The van der Waals surface area contributed by atoms with Crippen molar-refractivity contribution < 1.29 is 9.59 Å². The van der Waals surface area contributed by atoms with Crippen LogP contribution < -0.4 is 4.90 Å². The maximum atomic E-state index is 12.9. The number of amides is 2. The summed E-state index contributed by atoms with van der Waals surface area (Å²) in [6.45, 7) is 0. The van der Waals surface area contributed by atoms with E-state index in [9.17, 15) is 9.59 Å². The van der Waals surface area contributed by atoms with Crippen LogP contribution in [0.15, 0.2) is 40.9 Å². The average molecular weight is 344 g/mol. The summed E-state index contributed by atoms with van der Waals surface area (Å²) < 4.78 is 0.888. The van der Waals surface area contributed by atoms with E-state index in [2.05, 4.69) is 28.1 Å². The van der Waals surface area contributed by atoms with Crippen LogP contribution in [-0.2, 0) is 9.59 Å². The lowest BCUT2D eigenvalue weighted by Crippen LogP contribution is -2.40. The Hall–Kier alpha value is -1.42. The van der Waals surface area contributed by atoms with Gasteiger partial charge < -0.3 is 0 Å². The van der Waals surface area contributed by atoms with E-state index < -0.39 is 0 Å². The summed E-state index contributed by atoms with van der Waals surface area (Å²) in [5.41, 5.74) is 0.696. The number of carbonyl (C=O) groups is 2. The zero-order valence-electron chi connectivity index (χ0n) is 11.3. The Bertz CT molecular complexity index is 676. The van der Waals surface area contributed by atoms with E-state index in [-0.39, 0.29) is 23.7 Å². The second kappa shape index (κ2) is 3.86. The van der Waals surface area contributed by atoms with Gasteiger partial charge in [-0.2, -0.15) is 0 Å². The molecular weight excluding hydrogens is 330 g/mol. The van der Waals surface area contributed by atoms with Gasteiger partial charge in [-0.1, -0.05) is 34.1 Å². The van der Waals surface area contributed by atoms with Crippen LogP contribution in [0, 0.1) is 35.5 Å². The van der Waals surface area contributed by atoms with Crippen LogP contribution in [0.4, 0.5) is 5.69 Å². The summed E-state index contributed by atoms with van der Waals surface area (Å²) in [5, 5.41) is 0. The Labute approximate surface area is 131 Å². The molecule has 6 atom stereocenters. The highest BCUT2D eigenvalue weighted by molar-refractivity contribution is 9.10. The van der Waals surface area contributed by atoms with Crippen molar-refractivity contribution in [3.8, 4) is 0 Å². The topological polar surface area (TPSA) is 37.4 Å². The number of hydrogen-bond acceptors (Lipinski definition) is 2. The number of benzene rings is 1. The summed E-state index contributed by atoms with van der Waals surface area (Å²) in [4.78, 5) is 27.2. The molecule has 4 aliphatic carbocycles. The van der Waals surface area contributed by atoms with Crippen LogP contribution in [0.2, 0.25) is 0 Å². The van der Waals surface area contributed by atoms with Gasteiger partial charge in [0, 0.05) is 4.47 Å². The van der Waals surface area contributed by atoms with Crippen molar-refractivity contribution in [2.75, 3.05) is 4.90 Å². The Morgan fingerprint density at radius 2 is 1.62 bits per heavy atom. The molecular formula is C17H14BrNO2. The zero-order valence-corrected chi connectivity index (χ0v) is 12.9. The standard InChI is InChI=1S/C17H14BrNO2/c18-8-2-1-3-9(6-8)19-16(20)14-10-4-5-11(13-7-12(10)13)15(14)17(19)21/h1-6,10-15H,7H2/t10-,11-,12-,13+,14-,15+/m0/s1. The molecule has 106 valence electrons. The van der Waals surface area contributed by atoms with Crippen LogP contribution in [0.3, 0.4) is 0 Å². The number of nitrogens with zero attached hydrogens (tertiary/aromatic N) is 1. The Balaban J connectivity index is 1.60. The minimum absolute atomic E-state index is 0.00722. The van der Waals surface area contributed by atoms with Crippen molar-refractivity contribution in [3.05, 3.63) is 40.9 Å². The average Bonchev–Trinajstić information content (AvgIpc) is 3.24. The van der Waals surface area contributed by atoms with Gasteiger partial charge in [0.1, 0.15) is 0 Å². The van der Waals surface area contributed by atoms with Crippen molar-refractivity contribution in [2.45, 2.75) is 6.42 Å². The zero-order chi connectivity index (χ0) is 14.3. The number of carbonyl (C=O) groups excluding carboxylic acids is 2. The van der Waals surface area contributed by atoms with Crippen molar-refractivity contribution in [2.24, 2.45) is 35.5 Å². The molecule has 5 aliphatic rings. The highest BCUT2D eigenvalue weighted by Crippen LogP contribution is 2.65. The van der Waals surface area contributed by atoms with Gasteiger partial charge in [0.05, 0.1) is 17.5 Å². The first-order valence-corrected chi connectivity index (χ1v) is 8.28. The van der Waals surface area contributed by atoms with Gasteiger partial charge >= 0.3 is 0 Å². The van der Waals surface area contributed by atoms with Gasteiger partial charge in [0.25, 0.3) is 0 Å². The third-order valence-electron chi connectivity index (χ3n) is 5.73. The van der Waals surface area contributed by atoms with Crippen molar-refractivity contribution in [1.29, 1.82) is 0 Å². The molecule has 0 spiro atoms. The fraction of sp³-hybridized carbons (Fsp3) is 0.412. The molecule has 1 saturated heterocycles. The molecule has 1 heterocycles. The summed E-state index contributed by atoms with van der Waals surface area (Å²) in [6.07, 6.45) is 5.61. The maximum Gasteiger partial charge on any atom is 0.238 e. The van der Waals surface area contributed by atoms with E-state index in [0.29, 0.717) is 29.4 Å². The highest BCUT2D eigenvalue weighted by atomic mass is 79.9. The number of halogens is 1. The van der Waals surface area contributed by atoms with Crippen LogP contribution in [0.25, 0.3) is 0 Å². The smallest absolute Gasteiger partial charge is 0.238 e. The molecule has 21 heavy (non-hydrogen) atoms. The normalized spacial score (nSPS) is 42.2. The Kier molecular flexibility index (Phi) is 2.23. The molecule has 0 N–H and O–H groups in total. The Morgan fingerprint density at radius 1 is 1.00 bits per heavy atom. The van der Waals surface area contributed by atoms with E-state index in [0.717, 1.165) is 4.47 Å². The predicted octanol–water partition coefficient (Wildman–Crippen LogP) is 3.01. The largest absolute Gasteiger partial charge is 0.274 e. The predicted molar refractivity (Wildman–Crippen MR) is 81.3 cm³/mol. The van der Waals surface area contributed by atoms with E-state index in [1.807, 2.05) is 24.3 Å². The quantitative estimate of drug-likeness (QED) is 0.580. The molecule has 2 bridgehead atoms. The van der Waals surface area contributed by atoms with Gasteiger partial charge in [-0.15, -0.1) is 0 Å². The monoisotopic (exact) mass is 343 g/mol. The van der Waals surface area contributed by atoms with E-state index in [1.165, 1.54) is 11.3 Å². The lowest BCUT2D eigenvalue weighted by Gasteiger charge is -2.37. The molecule has 3 fully saturated rings. The van der Waals surface area contributed by atoms with Crippen LogP contribution >= 0.6 is 15.9 Å². The Morgan fingerprint density at radius 3 is 2.19 bits per heavy atom.